The molecule has 0 spiro atoms. The number of likely N-dealkylation sites (tertiary alicyclic amines) is 1. The third-order valence-corrected chi connectivity index (χ3v) is 7.09. The molecule has 0 saturated carbocycles. The van der Waals surface area contributed by atoms with E-state index in [2.05, 4.69) is 38.7 Å². The molecule has 1 saturated heterocycles. The number of nitrogens with one attached hydrogen (secondary N) is 3. The summed E-state index contributed by atoms with van der Waals surface area (Å²) in [7, 11) is 1.66. The summed E-state index contributed by atoms with van der Waals surface area (Å²) in [4.78, 5) is 78.0. The van der Waals surface area contributed by atoms with Gasteiger partial charge in [-0.3, -0.25) is 24.0 Å². The lowest BCUT2D eigenvalue weighted by Gasteiger charge is -2.27. The first-order valence-electron chi connectivity index (χ1n) is 15.8. The van der Waals surface area contributed by atoms with E-state index >= 15 is 0 Å². The highest BCUT2D eigenvalue weighted by Gasteiger charge is 2.48. The summed E-state index contributed by atoms with van der Waals surface area (Å²) in [5.74, 6) is -9.12. The van der Waals surface area contributed by atoms with Crippen molar-refractivity contribution in [3.8, 4) is 5.75 Å². The topological polar surface area (TPSA) is 168 Å². The van der Waals surface area contributed by atoms with E-state index in [0.29, 0.717) is 11.4 Å². The fourth-order valence-electron chi connectivity index (χ4n) is 4.07. The Bertz CT molecular complexity index is 1520. The maximum Gasteiger partial charge on any atom is 0.405 e. The van der Waals surface area contributed by atoms with Crippen LogP contribution in [0.15, 0.2) is 48.5 Å². The second kappa shape index (κ2) is 23.9. The lowest BCUT2D eigenvalue weighted by molar-refractivity contribution is -0.191. The minimum absolute atomic E-state index is 0.109. The molecule has 294 valence electrons. The molecule has 53 heavy (non-hydrogen) atoms. The largest absolute Gasteiger partial charge is 0.497 e. The quantitative estimate of drug-likeness (QED) is 0.145. The fraction of sp³-hybridized carbons (Fsp3) is 0.471. The molecule has 4 amide bonds. The molecule has 2 aromatic rings. The monoisotopic (exact) mass is 796 g/mol. The van der Waals surface area contributed by atoms with Crippen LogP contribution in [-0.2, 0) is 34.5 Å². The molecule has 0 aliphatic carbocycles. The minimum Gasteiger partial charge on any atom is -0.497 e. The second-order valence-electron chi connectivity index (χ2n) is 11.7. The Hall–Kier alpha value is -4.54. The van der Waals surface area contributed by atoms with Crippen molar-refractivity contribution in [1.82, 2.24) is 20.9 Å². The molecule has 0 aromatic heterocycles. The van der Waals surface area contributed by atoms with Gasteiger partial charge in [-0.05, 0) is 61.6 Å². The highest BCUT2D eigenvalue weighted by atomic mass is 35.5. The van der Waals surface area contributed by atoms with E-state index in [1.807, 2.05) is 29.6 Å². The van der Waals surface area contributed by atoms with Crippen molar-refractivity contribution in [2.45, 2.75) is 70.5 Å². The second-order valence-corrected chi connectivity index (χ2v) is 12.5. The molecule has 2 unspecified atom stereocenters. The Labute approximate surface area is 313 Å². The minimum atomic E-state index is -4.97. The number of hydrogen-bond donors (Lipinski definition) is 4. The van der Waals surface area contributed by atoms with E-state index in [9.17, 15) is 45.9 Å². The highest BCUT2D eigenvalue weighted by molar-refractivity contribution is 7.79. The van der Waals surface area contributed by atoms with Crippen LogP contribution in [-0.4, -0.2) is 91.4 Å². The standard InChI is InChI=1S/C21H22ClF5N4O5.C8H10OS.C4H10.CO2/c1-11(30-16(33)12-4-2-5-13(22)8-12)18(35)31-7-3-6-14(31)17(34)28-9-15(32)21(26,27)19(36)29-10-20(23,24)25;1-9-8-4-2-7(6-10)3-5-8;1-4(2)3;2-1-3/h2,4-5,8,11,14H,3,6-7,9-10H2,1H3,(H,28,34)(H,29,36)(H,30,33);2-5,10H,6H2,1H3;4H,1-3H3;. The third kappa shape index (κ3) is 18.7. The van der Waals surface area contributed by atoms with Crippen LogP contribution in [0.5, 0.6) is 5.75 Å². The number of carbonyl (C=O) groups excluding carboxylic acids is 7. The van der Waals surface area contributed by atoms with Gasteiger partial charge in [-0.1, -0.05) is 50.6 Å². The first-order valence-corrected chi connectivity index (χ1v) is 16.8. The van der Waals surface area contributed by atoms with Gasteiger partial charge in [0.1, 0.15) is 24.4 Å². The van der Waals surface area contributed by atoms with Crippen molar-refractivity contribution in [2.75, 3.05) is 26.7 Å². The zero-order chi connectivity index (χ0) is 40.9. The SMILES string of the molecule is CC(C)C.CC(NC(=O)c1cccc(Cl)c1)C(=O)N1CCCC1C(=O)NCC(=O)C(F)(F)C(=O)NCC(F)(F)F.COc1ccc(CS)cc1.O=C=O. The van der Waals surface area contributed by atoms with Gasteiger partial charge in [-0.15, -0.1) is 0 Å². The molecular weight excluding hydrogens is 755 g/mol. The molecule has 1 aliphatic heterocycles. The Morgan fingerprint density at radius 1 is 0.981 bits per heavy atom. The van der Waals surface area contributed by atoms with Crippen LogP contribution in [0, 0.1) is 5.92 Å². The van der Waals surface area contributed by atoms with E-state index in [1.54, 1.807) is 13.2 Å². The smallest absolute Gasteiger partial charge is 0.405 e. The van der Waals surface area contributed by atoms with E-state index in [1.165, 1.54) is 30.7 Å². The average Bonchev–Trinajstić information content (AvgIpc) is 3.59. The van der Waals surface area contributed by atoms with E-state index in [0.717, 1.165) is 27.6 Å². The summed E-state index contributed by atoms with van der Waals surface area (Å²) in [6.45, 7) is 4.57. The Kier molecular flexibility index (Phi) is 21.9. The molecule has 2 aromatic carbocycles. The molecule has 1 aliphatic rings. The summed E-state index contributed by atoms with van der Waals surface area (Å²) in [6.07, 6.45) is -4.22. The van der Waals surface area contributed by atoms with Crippen molar-refractivity contribution >= 4 is 59.8 Å². The van der Waals surface area contributed by atoms with E-state index < -0.39 is 66.7 Å². The lowest BCUT2D eigenvalue weighted by Crippen LogP contribution is -2.55. The number of thiol groups is 1. The van der Waals surface area contributed by atoms with Crippen LogP contribution >= 0.6 is 24.2 Å². The predicted octanol–water partition coefficient (Wildman–Crippen LogP) is 4.65. The number of ketones is 1. The van der Waals surface area contributed by atoms with Crippen LogP contribution < -0.4 is 20.7 Å². The van der Waals surface area contributed by atoms with Crippen LogP contribution in [0.2, 0.25) is 5.02 Å². The number of alkyl halides is 5. The molecule has 0 radical (unpaired) electrons. The predicted molar refractivity (Wildman–Crippen MR) is 186 cm³/mol. The van der Waals surface area contributed by atoms with Gasteiger partial charge in [0.05, 0.1) is 13.7 Å². The molecule has 0 bridgehead atoms. The van der Waals surface area contributed by atoms with Crippen LogP contribution in [0.25, 0.3) is 0 Å². The average molecular weight is 797 g/mol. The van der Waals surface area contributed by atoms with Gasteiger partial charge in [-0.25, -0.2) is 0 Å². The summed E-state index contributed by atoms with van der Waals surface area (Å²) in [5.41, 5.74) is 1.40. The number of nitrogens with zero attached hydrogens (tertiary/aromatic N) is 1. The number of benzene rings is 2. The maximum absolute atomic E-state index is 13.8. The zero-order valence-electron chi connectivity index (χ0n) is 29.5. The number of ether oxygens (including phenoxy) is 1. The molecule has 2 atom stereocenters. The number of hydrogen-bond acceptors (Lipinski definition) is 9. The van der Waals surface area contributed by atoms with Crippen molar-refractivity contribution in [3.05, 3.63) is 64.7 Å². The molecule has 19 heteroatoms. The molecule has 1 heterocycles. The Morgan fingerprint density at radius 3 is 2.04 bits per heavy atom. The summed E-state index contributed by atoms with van der Waals surface area (Å²) in [6, 6.07) is 11.6. The van der Waals surface area contributed by atoms with Crippen molar-refractivity contribution in [2.24, 2.45) is 5.92 Å². The summed E-state index contributed by atoms with van der Waals surface area (Å²) in [5, 5.41) is 5.56. The third-order valence-electron chi connectivity index (χ3n) is 6.49. The van der Waals surface area contributed by atoms with Crippen molar-refractivity contribution in [1.29, 1.82) is 0 Å². The molecular formula is C34H42ClF5N4O8S. The fourth-order valence-corrected chi connectivity index (χ4v) is 4.47. The molecule has 12 nitrogen and oxygen atoms in total. The molecule has 3 N–H and O–H groups in total. The van der Waals surface area contributed by atoms with E-state index in [-0.39, 0.29) is 24.7 Å². The summed E-state index contributed by atoms with van der Waals surface area (Å²) < 4.78 is 68.9. The number of methoxy groups -OCH3 is 1. The Morgan fingerprint density at radius 2 is 1.55 bits per heavy atom. The number of Topliss-reactive ketones (excluding diaryl/α,β-unsaturated/α-hetero) is 1. The van der Waals surface area contributed by atoms with Gasteiger partial charge in [0.25, 0.3) is 11.8 Å². The molecule has 1 fully saturated rings. The number of rotatable bonds is 11. The van der Waals surface area contributed by atoms with Gasteiger partial charge in [-0.2, -0.15) is 44.2 Å². The van der Waals surface area contributed by atoms with Gasteiger partial charge in [0.2, 0.25) is 17.6 Å². The van der Waals surface area contributed by atoms with Gasteiger partial charge in [0, 0.05) is 22.9 Å². The number of carbonyl (C=O) groups is 5. The Balaban J connectivity index is 0.00000131. The maximum atomic E-state index is 13.8. The van der Waals surface area contributed by atoms with Crippen LogP contribution in [0.4, 0.5) is 22.0 Å². The van der Waals surface area contributed by atoms with Gasteiger partial charge < -0.3 is 25.6 Å². The first kappa shape index (κ1) is 48.5. The lowest BCUT2D eigenvalue weighted by atomic mass is 10.1. The normalized spacial score (nSPS) is 14.0. The highest BCUT2D eigenvalue weighted by Crippen LogP contribution is 2.21. The van der Waals surface area contributed by atoms with Crippen LogP contribution in [0.1, 0.15) is 56.5 Å². The van der Waals surface area contributed by atoms with Gasteiger partial charge in [0.15, 0.2) is 0 Å². The van der Waals surface area contributed by atoms with Crippen molar-refractivity contribution in [3.63, 3.8) is 0 Å². The van der Waals surface area contributed by atoms with Gasteiger partial charge >= 0.3 is 18.3 Å². The number of amides is 4. The number of halogens is 6. The zero-order valence-corrected chi connectivity index (χ0v) is 31.2. The summed E-state index contributed by atoms with van der Waals surface area (Å²) >= 11 is 9.97. The van der Waals surface area contributed by atoms with Crippen LogP contribution in [0.3, 0.4) is 0 Å². The molecule has 3 rings (SSSR count). The van der Waals surface area contributed by atoms with E-state index in [4.69, 9.17) is 25.9 Å². The first-order chi connectivity index (χ1) is 24.6. The van der Waals surface area contributed by atoms with Crippen molar-refractivity contribution < 1.29 is 60.3 Å².